The van der Waals surface area contributed by atoms with Crippen LogP contribution in [0.3, 0.4) is 0 Å². The van der Waals surface area contributed by atoms with Crippen molar-refractivity contribution in [2.24, 2.45) is 0 Å². The monoisotopic (exact) mass is 1110 g/mol. The fourth-order valence-corrected chi connectivity index (χ4v) is 9.65. The number of unbranched alkanes of at least 4 members (excludes halogenated alkanes) is 37. The van der Waals surface area contributed by atoms with Crippen molar-refractivity contribution in [2.75, 3.05) is 47.5 Å². The summed E-state index contributed by atoms with van der Waals surface area (Å²) in [6.45, 7) is 4.78. The Morgan fingerprint density at radius 2 is 0.722 bits per heavy atom. The molecule has 0 radical (unpaired) electrons. The van der Waals surface area contributed by atoms with Gasteiger partial charge in [-0.1, -0.05) is 280 Å². The lowest BCUT2D eigenvalue weighted by Crippen LogP contribution is -2.40. The van der Waals surface area contributed by atoms with Crippen molar-refractivity contribution in [3.05, 3.63) is 60.8 Å². The first kappa shape index (κ1) is 76.0. The highest BCUT2D eigenvalue weighted by Crippen LogP contribution is 2.18. The van der Waals surface area contributed by atoms with Crippen LogP contribution in [-0.2, 0) is 33.3 Å². The highest BCUT2D eigenvalue weighted by molar-refractivity contribution is 5.71. The van der Waals surface area contributed by atoms with Gasteiger partial charge in [-0.15, -0.1) is 0 Å². The molecule has 0 bridgehead atoms. The summed E-state index contributed by atoms with van der Waals surface area (Å²) in [6, 6.07) is 0. The fraction of sp³-hybridized carbons (Fsp3) is 0.814. The Morgan fingerprint density at radius 1 is 0.392 bits per heavy atom. The van der Waals surface area contributed by atoms with Crippen molar-refractivity contribution < 1.29 is 42.9 Å². The summed E-state index contributed by atoms with van der Waals surface area (Å²) >= 11 is 0. The predicted molar refractivity (Wildman–Crippen MR) is 336 cm³/mol. The van der Waals surface area contributed by atoms with E-state index in [2.05, 4.69) is 74.6 Å². The molecule has 460 valence electrons. The number of allylic oxidation sites excluding steroid dienone is 10. The van der Waals surface area contributed by atoms with Crippen LogP contribution in [0.15, 0.2) is 60.8 Å². The minimum absolute atomic E-state index is 0.184. The minimum Gasteiger partial charge on any atom is -0.477 e. The standard InChI is InChI=1S/C70H127NO8/c1-6-8-10-12-14-16-18-20-22-24-26-27-28-29-30-31-32-33-34-35-36-37-38-39-40-41-43-44-46-48-50-52-54-56-58-60-67(72)77-64-66(65-78-70(69(74)75)76-63-62-71(3,4)5)79-68(73)61-59-57-55-53-51-49-47-45-42-25-23-21-19-17-15-13-11-9-7-2/h9,11,15,17,21,23-24,26,42,45,66,70H,6-8,10,12-14,16,18-20,22,25,27-41,43-44,46-65H2,1-5H3/p+1/b11-9-,17-15-,23-21-,26-24-,45-42-. The molecule has 2 atom stereocenters. The van der Waals surface area contributed by atoms with E-state index in [1.165, 1.54) is 193 Å². The van der Waals surface area contributed by atoms with Crippen molar-refractivity contribution in [1.82, 2.24) is 0 Å². The number of ether oxygens (including phenoxy) is 4. The van der Waals surface area contributed by atoms with Gasteiger partial charge in [0, 0.05) is 12.8 Å². The maximum atomic E-state index is 12.9. The van der Waals surface area contributed by atoms with E-state index in [0.717, 1.165) is 83.5 Å². The molecule has 0 aliphatic heterocycles. The molecule has 0 rings (SSSR count). The predicted octanol–water partition coefficient (Wildman–Crippen LogP) is 20.4. The minimum atomic E-state index is -1.52. The third kappa shape index (κ3) is 62.4. The summed E-state index contributed by atoms with van der Waals surface area (Å²) in [6.07, 6.45) is 76.3. The molecular weight excluding hydrogens is 983 g/mol. The molecule has 0 aromatic heterocycles. The zero-order valence-electron chi connectivity index (χ0n) is 52.5. The second-order valence-electron chi connectivity index (χ2n) is 23.7. The molecule has 0 aliphatic carbocycles. The van der Waals surface area contributed by atoms with Crippen LogP contribution in [0.4, 0.5) is 0 Å². The average Bonchev–Trinajstić information content (AvgIpc) is 3.42. The van der Waals surface area contributed by atoms with Crippen molar-refractivity contribution in [3.8, 4) is 0 Å². The normalized spacial score (nSPS) is 13.1. The molecule has 0 saturated carbocycles. The summed E-state index contributed by atoms with van der Waals surface area (Å²) in [5.41, 5.74) is 0. The number of carbonyl (C=O) groups excluding carboxylic acids is 2. The Labute approximate surface area is 488 Å². The third-order valence-corrected chi connectivity index (χ3v) is 14.8. The Balaban J connectivity index is 4.03. The summed E-state index contributed by atoms with van der Waals surface area (Å²) in [5.74, 6) is -2.01. The number of carboxylic acid groups (broad SMARTS) is 1. The average molecular weight is 1110 g/mol. The number of nitrogens with zero attached hydrogens (tertiary/aromatic N) is 1. The van der Waals surface area contributed by atoms with Gasteiger partial charge in [0.05, 0.1) is 34.4 Å². The van der Waals surface area contributed by atoms with Gasteiger partial charge in [0.25, 0.3) is 6.29 Å². The number of likely N-dealkylation sites (N-methyl/N-ethyl adjacent to an activating group) is 1. The summed E-state index contributed by atoms with van der Waals surface area (Å²) in [7, 11) is 5.97. The molecule has 9 nitrogen and oxygen atoms in total. The molecular formula is C70H128NO8+. The van der Waals surface area contributed by atoms with Crippen molar-refractivity contribution in [1.29, 1.82) is 0 Å². The van der Waals surface area contributed by atoms with E-state index < -0.39 is 24.3 Å². The van der Waals surface area contributed by atoms with Crippen molar-refractivity contribution >= 4 is 17.9 Å². The Kier molecular flexibility index (Phi) is 58.7. The summed E-state index contributed by atoms with van der Waals surface area (Å²) < 4.78 is 22.9. The van der Waals surface area contributed by atoms with Gasteiger partial charge in [-0.25, -0.2) is 4.79 Å². The van der Waals surface area contributed by atoms with Crippen LogP contribution >= 0.6 is 0 Å². The molecule has 0 aliphatic rings. The van der Waals surface area contributed by atoms with E-state index in [0.29, 0.717) is 23.9 Å². The van der Waals surface area contributed by atoms with Gasteiger partial charge in [0.2, 0.25) is 0 Å². The van der Waals surface area contributed by atoms with Gasteiger partial charge in [-0.05, 0) is 77.0 Å². The molecule has 0 spiro atoms. The van der Waals surface area contributed by atoms with Crippen molar-refractivity contribution in [2.45, 2.75) is 322 Å². The molecule has 0 saturated heterocycles. The van der Waals surface area contributed by atoms with Crippen LogP contribution in [0.25, 0.3) is 0 Å². The quantitative estimate of drug-likeness (QED) is 0.0211. The van der Waals surface area contributed by atoms with E-state index in [9.17, 15) is 19.5 Å². The summed E-state index contributed by atoms with van der Waals surface area (Å²) in [4.78, 5) is 37.5. The highest BCUT2D eigenvalue weighted by atomic mass is 16.7. The number of esters is 2. The SMILES string of the molecule is CC/C=C\C/C=C\C/C=C\C/C=C\CCCCCCCCC(=O)OC(COC(=O)CCCCCCCCCCCCCCCCCCCCCCCCC/C=C\CCCCCCCCCC)COC(OCC[N+](C)(C)C)C(=O)O. The first-order chi connectivity index (χ1) is 38.6. The first-order valence-electron chi connectivity index (χ1n) is 33.5. The van der Waals surface area contributed by atoms with Crippen LogP contribution in [0.1, 0.15) is 309 Å². The van der Waals surface area contributed by atoms with Gasteiger partial charge < -0.3 is 28.5 Å². The Bertz CT molecular complexity index is 1480. The lowest BCUT2D eigenvalue weighted by molar-refractivity contribution is -0.870. The third-order valence-electron chi connectivity index (χ3n) is 14.8. The van der Waals surface area contributed by atoms with Crippen LogP contribution in [0.5, 0.6) is 0 Å². The van der Waals surface area contributed by atoms with E-state index in [1.807, 2.05) is 21.1 Å². The van der Waals surface area contributed by atoms with Gasteiger partial charge in [-0.2, -0.15) is 0 Å². The van der Waals surface area contributed by atoms with Gasteiger partial charge in [0.15, 0.2) is 6.10 Å². The molecule has 0 aromatic rings. The van der Waals surface area contributed by atoms with Gasteiger partial charge in [-0.3, -0.25) is 9.59 Å². The van der Waals surface area contributed by atoms with E-state index >= 15 is 0 Å². The number of quaternary nitrogens is 1. The zero-order valence-corrected chi connectivity index (χ0v) is 52.5. The molecule has 0 amide bonds. The topological polar surface area (TPSA) is 108 Å². The molecule has 0 heterocycles. The maximum Gasteiger partial charge on any atom is 0.361 e. The van der Waals surface area contributed by atoms with Crippen LogP contribution in [0.2, 0.25) is 0 Å². The molecule has 1 N–H and O–H groups in total. The van der Waals surface area contributed by atoms with Crippen LogP contribution in [0, 0.1) is 0 Å². The first-order valence-corrected chi connectivity index (χ1v) is 33.5. The smallest absolute Gasteiger partial charge is 0.361 e. The zero-order chi connectivity index (χ0) is 57.6. The fourth-order valence-electron chi connectivity index (χ4n) is 9.65. The maximum absolute atomic E-state index is 12.9. The van der Waals surface area contributed by atoms with E-state index in [4.69, 9.17) is 18.9 Å². The van der Waals surface area contributed by atoms with Gasteiger partial charge in [0.1, 0.15) is 13.2 Å². The number of hydrogen-bond donors (Lipinski definition) is 1. The number of carboxylic acids is 1. The van der Waals surface area contributed by atoms with Crippen LogP contribution in [-0.4, -0.2) is 87.4 Å². The lowest BCUT2D eigenvalue weighted by atomic mass is 10.0. The summed E-state index contributed by atoms with van der Waals surface area (Å²) in [5, 5.41) is 9.72. The van der Waals surface area contributed by atoms with Crippen LogP contribution < -0.4 is 0 Å². The number of rotatable bonds is 62. The highest BCUT2D eigenvalue weighted by Gasteiger charge is 2.25. The molecule has 0 aromatic carbocycles. The lowest BCUT2D eigenvalue weighted by Gasteiger charge is -2.25. The van der Waals surface area contributed by atoms with Gasteiger partial charge >= 0.3 is 17.9 Å². The Hall–Kier alpha value is -3.01. The molecule has 2 unspecified atom stereocenters. The molecule has 0 fully saturated rings. The largest absolute Gasteiger partial charge is 0.477 e. The Morgan fingerprint density at radius 3 is 1.09 bits per heavy atom. The van der Waals surface area contributed by atoms with Crippen molar-refractivity contribution in [3.63, 3.8) is 0 Å². The molecule has 9 heteroatoms. The number of hydrogen-bond acceptors (Lipinski definition) is 7. The van der Waals surface area contributed by atoms with E-state index in [1.54, 1.807) is 0 Å². The van der Waals surface area contributed by atoms with E-state index in [-0.39, 0.29) is 32.2 Å². The second-order valence-corrected chi connectivity index (χ2v) is 23.7. The number of aliphatic carboxylic acids is 1. The second kappa shape index (κ2) is 61.1. The number of carbonyl (C=O) groups is 3. The molecule has 79 heavy (non-hydrogen) atoms.